The van der Waals surface area contributed by atoms with Crippen LogP contribution in [0.25, 0.3) is 0 Å². The van der Waals surface area contributed by atoms with E-state index in [2.05, 4.69) is 5.32 Å². The number of hydrogen-bond donors (Lipinski definition) is 1. The number of nitrogens with zero attached hydrogens (tertiary/aromatic N) is 2. The van der Waals surface area contributed by atoms with Crippen LogP contribution in [0.2, 0.25) is 5.02 Å². The van der Waals surface area contributed by atoms with Crippen molar-refractivity contribution in [1.82, 2.24) is 10.2 Å². The quantitative estimate of drug-likeness (QED) is 0.785. The number of benzene rings is 2. The van der Waals surface area contributed by atoms with Crippen LogP contribution in [0.5, 0.6) is 0 Å². The Morgan fingerprint density at radius 1 is 1.21 bits per heavy atom. The molecular weight excluding hydrogens is 397 g/mol. The van der Waals surface area contributed by atoms with E-state index >= 15 is 0 Å². The number of carbonyl (C=O) groups is 3. The standard InChI is InChI=1S/C21H21ClFN3O3/c1-25(13-16-17(22)4-2-5-18(16)23)20(28)12-24-21(29)14-7-9-15(10-8-14)26-11-3-6-19(26)27/h2,4-5,7-10H,3,6,11-13H2,1H3,(H,24,29). The van der Waals surface area contributed by atoms with Crippen LogP contribution in [0.3, 0.4) is 0 Å². The zero-order valence-corrected chi connectivity index (χ0v) is 16.7. The molecule has 0 unspecified atom stereocenters. The molecule has 29 heavy (non-hydrogen) atoms. The van der Waals surface area contributed by atoms with Gasteiger partial charge in [-0.1, -0.05) is 17.7 Å². The second kappa shape index (κ2) is 9.05. The van der Waals surface area contributed by atoms with Gasteiger partial charge in [0.25, 0.3) is 5.91 Å². The summed E-state index contributed by atoms with van der Waals surface area (Å²) in [6, 6.07) is 11.0. The van der Waals surface area contributed by atoms with Gasteiger partial charge >= 0.3 is 0 Å². The van der Waals surface area contributed by atoms with Crippen molar-refractivity contribution < 1.29 is 18.8 Å². The maximum Gasteiger partial charge on any atom is 0.251 e. The Morgan fingerprint density at radius 2 is 1.93 bits per heavy atom. The van der Waals surface area contributed by atoms with Gasteiger partial charge in [0.2, 0.25) is 11.8 Å². The molecule has 0 aromatic heterocycles. The monoisotopic (exact) mass is 417 g/mol. The Labute approximate surface area is 173 Å². The molecule has 2 aromatic rings. The van der Waals surface area contributed by atoms with E-state index in [1.54, 1.807) is 35.2 Å². The van der Waals surface area contributed by atoms with Crippen molar-refractivity contribution in [2.75, 3.05) is 25.0 Å². The van der Waals surface area contributed by atoms with E-state index in [0.717, 1.165) is 12.1 Å². The summed E-state index contributed by atoms with van der Waals surface area (Å²) in [6.45, 7) is 0.448. The van der Waals surface area contributed by atoms with Crippen LogP contribution in [-0.2, 0) is 16.1 Å². The Morgan fingerprint density at radius 3 is 2.55 bits per heavy atom. The predicted molar refractivity (Wildman–Crippen MR) is 108 cm³/mol. The summed E-state index contributed by atoms with van der Waals surface area (Å²) in [4.78, 5) is 39.3. The first kappa shape index (κ1) is 20.8. The van der Waals surface area contributed by atoms with Crippen molar-refractivity contribution in [1.29, 1.82) is 0 Å². The fourth-order valence-corrected chi connectivity index (χ4v) is 3.34. The highest BCUT2D eigenvalue weighted by atomic mass is 35.5. The predicted octanol–water partition coefficient (Wildman–Crippen LogP) is 2.99. The van der Waals surface area contributed by atoms with E-state index in [-0.39, 0.29) is 35.5 Å². The number of halogens is 2. The first-order chi connectivity index (χ1) is 13.9. The maximum atomic E-state index is 13.9. The molecule has 1 aliphatic heterocycles. The summed E-state index contributed by atoms with van der Waals surface area (Å²) in [5.41, 5.74) is 1.36. The summed E-state index contributed by atoms with van der Waals surface area (Å²) >= 11 is 5.98. The van der Waals surface area contributed by atoms with Gasteiger partial charge in [-0.05, 0) is 42.8 Å². The number of hydrogen-bond acceptors (Lipinski definition) is 3. The Bertz CT molecular complexity index is 913. The SMILES string of the molecule is CN(Cc1c(F)cccc1Cl)C(=O)CNC(=O)c1ccc(N2CCCC2=O)cc1. The molecule has 1 fully saturated rings. The van der Waals surface area contributed by atoms with Gasteiger partial charge in [0, 0.05) is 48.4 Å². The first-order valence-electron chi connectivity index (χ1n) is 9.22. The smallest absolute Gasteiger partial charge is 0.251 e. The molecule has 1 aliphatic rings. The molecule has 8 heteroatoms. The fourth-order valence-electron chi connectivity index (χ4n) is 3.12. The number of anilines is 1. The highest BCUT2D eigenvalue weighted by Gasteiger charge is 2.22. The maximum absolute atomic E-state index is 13.9. The zero-order valence-electron chi connectivity index (χ0n) is 16.0. The molecule has 0 radical (unpaired) electrons. The summed E-state index contributed by atoms with van der Waals surface area (Å²) < 4.78 is 13.9. The van der Waals surface area contributed by atoms with Gasteiger partial charge < -0.3 is 15.1 Å². The molecule has 0 atom stereocenters. The highest BCUT2D eigenvalue weighted by Crippen LogP contribution is 2.22. The lowest BCUT2D eigenvalue weighted by Crippen LogP contribution is -2.38. The molecular formula is C21H21ClFN3O3. The van der Waals surface area contributed by atoms with Gasteiger partial charge in [-0.2, -0.15) is 0 Å². The highest BCUT2D eigenvalue weighted by molar-refractivity contribution is 6.31. The molecule has 0 bridgehead atoms. The lowest BCUT2D eigenvalue weighted by atomic mass is 10.2. The normalized spacial score (nSPS) is 13.5. The average Bonchev–Trinajstić information content (AvgIpc) is 3.14. The Kier molecular flexibility index (Phi) is 6.49. The van der Waals surface area contributed by atoms with Gasteiger partial charge in [0.15, 0.2) is 0 Å². The third kappa shape index (κ3) is 4.92. The van der Waals surface area contributed by atoms with Gasteiger partial charge in [0.05, 0.1) is 6.54 Å². The van der Waals surface area contributed by atoms with Crippen LogP contribution in [0.1, 0.15) is 28.8 Å². The second-order valence-corrected chi connectivity index (χ2v) is 7.24. The van der Waals surface area contributed by atoms with Crippen molar-refractivity contribution in [2.24, 2.45) is 0 Å². The van der Waals surface area contributed by atoms with Crippen LogP contribution in [0.4, 0.5) is 10.1 Å². The lowest BCUT2D eigenvalue weighted by Gasteiger charge is -2.19. The topological polar surface area (TPSA) is 69.7 Å². The van der Waals surface area contributed by atoms with Crippen molar-refractivity contribution in [3.63, 3.8) is 0 Å². The van der Waals surface area contributed by atoms with Gasteiger partial charge in [-0.25, -0.2) is 4.39 Å². The van der Waals surface area contributed by atoms with Gasteiger partial charge in [-0.3, -0.25) is 14.4 Å². The Balaban J connectivity index is 1.54. The van der Waals surface area contributed by atoms with Crippen molar-refractivity contribution in [3.8, 4) is 0 Å². The van der Waals surface area contributed by atoms with Crippen molar-refractivity contribution in [2.45, 2.75) is 19.4 Å². The minimum atomic E-state index is -0.488. The fraction of sp³-hybridized carbons (Fsp3) is 0.286. The largest absolute Gasteiger partial charge is 0.343 e. The van der Waals surface area contributed by atoms with Crippen LogP contribution >= 0.6 is 11.6 Å². The van der Waals surface area contributed by atoms with Gasteiger partial charge in [0.1, 0.15) is 5.82 Å². The van der Waals surface area contributed by atoms with E-state index in [1.807, 2.05) is 0 Å². The van der Waals surface area contributed by atoms with Crippen LogP contribution < -0.4 is 10.2 Å². The molecule has 152 valence electrons. The number of likely N-dealkylation sites (N-methyl/N-ethyl adjacent to an activating group) is 1. The van der Waals surface area contributed by atoms with Crippen LogP contribution in [0, 0.1) is 5.82 Å². The molecule has 3 amide bonds. The molecule has 1 saturated heterocycles. The minimum absolute atomic E-state index is 0.00122. The number of nitrogens with one attached hydrogen (secondary N) is 1. The van der Waals surface area contributed by atoms with Crippen molar-refractivity contribution >= 4 is 35.0 Å². The first-order valence-corrected chi connectivity index (χ1v) is 9.60. The second-order valence-electron chi connectivity index (χ2n) is 6.83. The lowest BCUT2D eigenvalue weighted by molar-refractivity contribution is -0.129. The molecule has 3 rings (SSSR count). The summed E-state index contributed by atoms with van der Waals surface area (Å²) in [6.07, 6.45) is 1.37. The average molecular weight is 418 g/mol. The third-order valence-electron chi connectivity index (χ3n) is 4.80. The molecule has 0 spiro atoms. The van der Waals surface area contributed by atoms with E-state index in [9.17, 15) is 18.8 Å². The minimum Gasteiger partial charge on any atom is -0.343 e. The molecule has 0 saturated carbocycles. The van der Waals surface area contributed by atoms with Gasteiger partial charge in [-0.15, -0.1) is 0 Å². The number of carbonyl (C=O) groups excluding carboxylic acids is 3. The summed E-state index contributed by atoms with van der Waals surface area (Å²) in [5, 5.41) is 2.80. The van der Waals surface area contributed by atoms with Crippen LogP contribution in [0.15, 0.2) is 42.5 Å². The molecule has 2 aromatic carbocycles. The molecule has 1 N–H and O–H groups in total. The van der Waals surface area contributed by atoms with E-state index in [0.29, 0.717) is 18.5 Å². The molecule has 0 aliphatic carbocycles. The van der Waals surface area contributed by atoms with E-state index < -0.39 is 11.7 Å². The number of amides is 3. The third-order valence-corrected chi connectivity index (χ3v) is 5.15. The zero-order chi connectivity index (χ0) is 21.0. The Hall–Kier alpha value is -2.93. The van der Waals surface area contributed by atoms with Crippen LogP contribution in [-0.4, -0.2) is 42.8 Å². The van der Waals surface area contributed by atoms with Crippen molar-refractivity contribution in [3.05, 3.63) is 64.4 Å². The van der Waals surface area contributed by atoms with E-state index in [1.165, 1.54) is 24.1 Å². The number of rotatable bonds is 6. The van der Waals surface area contributed by atoms with E-state index in [4.69, 9.17) is 11.6 Å². The molecule has 6 nitrogen and oxygen atoms in total. The molecule has 1 heterocycles. The summed E-state index contributed by atoms with van der Waals surface area (Å²) in [7, 11) is 1.51. The summed E-state index contributed by atoms with van der Waals surface area (Å²) in [5.74, 6) is -1.20.